The summed E-state index contributed by atoms with van der Waals surface area (Å²) in [4.78, 5) is 17.9. The van der Waals surface area contributed by atoms with Gasteiger partial charge in [-0.2, -0.15) is 0 Å². The highest BCUT2D eigenvalue weighted by molar-refractivity contribution is 14.1. The van der Waals surface area contributed by atoms with Crippen LogP contribution in [-0.4, -0.2) is 15.3 Å². The Hall–Kier alpha value is -2.67. The minimum absolute atomic E-state index is 0.0408. The number of rotatable bonds is 5. The standard InChI is InChI=1S/C23H18FIN2O/c24-18-10-11-20-17(12-18)13-21(26-20)19-8-4-5-9-22(19)27(23(28)14-25)15-16-6-2-1-3-7-16/h1-13,26H,14-15H2. The molecular formula is C23H18FIN2O. The zero-order valence-corrected chi connectivity index (χ0v) is 17.2. The smallest absolute Gasteiger partial charge is 0.237 e. The molecular weight excluding hydrogens is 466 g/mol. The molecule has 0 unspecified atom stereocenters. The number of H-pyrrole nitrogens is 1. The molecule has 1 amide bonds. The van der Waals surface area contributed by atoms with Crippen LogP contribution in [0.4, 0.5) is 10.1 Å². The van der Waals surface area contributed by atoms with Gasteiger partial charge in [0.15, 0.2) is 0 Å². The van der Waals surface area contributed by atoms with E-state index < -0.39 is 0 Å². The summed E-state index contributed by atoms with van der Waals surface area (Å²) in [5, 5.41) is 0.805. The SMILES string of the molecule is O=C(CI)N(Cc1ccccc1)c1ccccc1-c1cc2cc(F)ccc2[nH]1. The van der Waals surface area contributed by atoms with Crippen LogP contribution in [0.5, 0.6) is 0 Å². The predicted molar refractivity (Wildman–Crippen MR) is 120 cm³/mol. The molecule has 1 heterocycles. The van der Waals surface area contributed by atoms with Gasteiger partial charge >= 0.3 is 0 Å². The molecule has 4 aromatic rings. The molecule has 0 saturated heterocycles. The summed E-state index contributed by atoms with van der Waals surface area (Å²) in [6.45, 7) is 0.495. The number of benzene rings is 3. The van der Waals surface area contributed by atoms with E-state index in [1.54, 1.807) is 6.07 Å². The van der Waals surface area contributed by atoms with E-state index in [0.29, 0.717) is 11.0 Å². The maximum Gasteiger partial charge on any atom is 0.237 e. The Balaban J connectivity index is 1.80. The topological polar surface area (TPSA) is 36.1 Å². The third-order valence-electron chi connectivity index (χ3n) is 4.67. The zero-order valence-electron chi connectivity index (χ0n) is 15.0. The van der Waals surface area contributed by atoms with Crippen LogP contribution in [0.15, 0.2) is 78.9 Å². The molecule has 3 aromatic carbocycles. The number of anilines is 1. The van der Waals surface area contributed by atoms with E-state index in [2.05, 4.69) is 27.6 Å². The molecule has 0 aliphatic rings. The minimum Gasteiger partial charge on any atom is -0.354 e. The average molecular weight is 484 g/mol. The summed E-state index contributed by atoms with van der Waals surface area (Å²) in [6.07, 6.45) is 0. The number of amides is 1. The number of carbonyl (C=O) groups excluding carboxylic acids is 1. The highest BCUT2D eigenvalue weighted by atomic mass is 127. The van der Waals surface area contributed by atoms with Gasteiger partial charge in [-0.3, -0.25) is 4.79 Å². The quantitative estimate of drug-likeness (QED) is 0.276. The van der Waals surface area contributed by atoms with Crippen molar-refractivity contribution in [1.82, 2.24) is 4.98 Å². The number of carbonyl (C=O) groups is 1. The lowest BCUT2D eigenvalue weighted by Crippen LogP contribution is -2.31. The van der Waals surface area contributed by atoms with Gasteiger partial charge in [-0.15, -0.1) is 0 Å². The van der Waals surface area contributed by atoms with Crippen molar-refractivity contribution in [3.8, 4) is 11.3 Å². The van der Waals surface area contributed by atoms with Gasteiger partial charge < -0.3 is 9.88 Å². The van der Waals surface area contributed by atoms with Crippen molar-refractivity contribution >= 4 is 45.1 Å². The molecule has 3 nitrogen and oxygen atoms in total. The van der Waals surface area contributed by atoms with Crippen molar-refractivity contribution in [2.24, 2.45) is 0 Å². The number of hydrogen-bond acceptors (Lipinski definition) is 1. The second kappa shape index (κ2) is 8.14. The van der Waals surface area contributed by atoms with Gasteiger partial charge in [0.2, 0.25) is 5.91 Å². The fourth-order valence-electron chi connectivity index (χ4n) is 3.33. The summed E-state index contributed by atoms with van der Waals surface area (Å²) in [5.41, 5.74) is 4.53. The molecule has 0 fully saturated rings. The summed E-state index contributed by atoms with van der Waals surface area (Å²) in [7, 11) is 0. The number of fused-ring (bicyclic) bond motifs is 1. The summed E-state index contributed by atoms with van der Waals surface area (Å²) in [6, 6.07) is 24.4. The fourth-order valence-corrected chi connectivity index (χ4v) is 3.74. The van der Waals surface area contributed by atoms with Crippen molar-refractivity contribution in [2.75, 3.05) is 9.33 Å². The second-order valence-electron chi connectivity index (χ2n) is 6.53. The van der Waals surface area contributed by atoms with Crippen LogP contribution < -0.4 is 4.90 Å². The van der Waals surface area contributed by atoms with Crippen LogP contribution >= 0.6 is 22.6 Å². The Bertz CT molecular complexity index is 1120. The van der Waals surface area contributed by atoms with Gasteiger partial charge in [-0.1, -0.05) is 71.1 Å². The van der Waals surface area contributed by atoms with E-state index >= 15 is 0 Å². The summed E-state index contributed by atoms with van der Waals surface area (Å²) in [5.74, 6) is -0.226. The molecule has 0 radical (unpaired) electrons. The molecule has 140 valence electrons. The van der Waals surface area contributed by atoms with Crippen molar-refractivity contribution in [3.63, 3.8) is 0 Å². The van der Waals surface area contributed by atoms with Crippen LogP contribution in [0.2, 0.25) is 0 Å². The number of para-hydroxylation sites is 1. The Kier molecular flexibility index (Phi) is 5.43. The fraction of sp³-hybridized carbons (Fsp3) is 0.0870. The van der Waals surface area contributed by atoms with Crippen molar-refractivity contribution in [3.05, 3.63) is 90.2 Å². The molecule has 1 N–H and O–H groups in total. The third-order valence-corrected chi connectivity index (χ3v) is 5.32. The van der Waals surface area contributed by atoms with Crippen molar-refractivity contribution in [2.45, 2.75) is 6.54 Å². The predicted octanol–water partition coefficient (Wildman–Crippen LogP) is 5.94. The van der Waals surface area contributed by atoms with E-state index in [0.717, 1.165) is 33.4 Å². The van der Waals surface area contributed by atoms with Gasteiger partial charge in [0.1, 0.15) is 5.82 Å². The van der Waals surface area contributed by atoms with Crippen LogP contribution in [0, 0.1) is 5.82 Å². The molecule has 0 spiro atoms. The van der Waals surface area contributed by atoms with Gasteiger partial charge in [0.05, 0.1) is 16.7 Å². The zero-order chi connectivity index (χ0) is 19.5. The molecule has 0 bridgehead atoms. The van der Waals surface area contributed by atoms with E-state index in [-0.39, 0.29) is 11.7 Å². The normalized spacial score (nSPS) is 10.9. The Labute approximate surface area is 176 Å². The first kappa shape index (κ1) is 18.7. The maximum absolute atomic E-state index is 13.6. The molecule has 0 aliphatic heterocycles. The highest BCUT2D eigenvalue weighted by Crippen LogP contribution is 2.33. The van der Waals surface area contributed by atoms with Crippen molar-refractivity contribution in [1.29, 1.82) is 0 Å². The van der Waals surface area contributed by atoms with E-state index in [1.165, 1.54) is 12.1 Å². The first-order valence-electron chi connectivity index (χ1n) is 8.93. The van der Waals surface area contributed by atoms with Gasteiger partial charge in [0, 0.05) is 22.2 Å². The van der Waals surface area contributed by atoms with Crippen LogP contribution in [-0.2, 0) is 11.3 Å². The number of halogens is 2. The van der Waals surface area contributed by atoms with Gasteiger partial charge in [-0.05, 0) is 35.9 Å². The molecule has 0 aliphatic carbocycles. The largest absolute Gasteiger partial charge is 0.354 e. The molecule has 5 heteroatoms. The molecule has 1 aromatic heterocycles. The van der Waals surface area contributed by atoms with E-state index in [4.69, 9.17) is 0 Å². The number of aromatic nitrogens is 1. The second-order valence-corrected chi connectivity index (χ2v) is 7.29. The minimum atomic E-state index is -0.267. The van der Waals surface area contributed by atoms with Crippen LogP contribution in [0.3, 0.4) is 0 Å². The van der Waals surface area contributed by atoms with Crippen LogP contribution in [0.1, 0.15) is 5.56 Å². The Morgan fingerprint density at radius 2 is 1.71 bits per heavy atom. The monoisotopic (exact) mass is 484 g/mol. The van der Waals surface area contributed by atoms with Crippen molar-refractivity contribution < 1.29 is 9.18 Å². The molecule has 0 atom stereocenters. The average Bonchev–Trinajstić information content (AvgIpc) is 3.15. The third kappa shape index (κ3) is 3.80. The van der Waals surface area contributed by atoms with E-state index in [9.17, 15) is 9.18 Å². The lowest BCUT2D eigenvalue weighted by atomic mass is 10.1. The first-order valence-corrected chi connectivity index (χ1v) is 10.5. The lowest BCUT2D eigenvalue weighted by Gasteiger charge is -2.24. The highest BCUT2D eigenvalue weighted by Gasteiger charge is 2.19. The van der Waals surface area contributed by atoms with E-state index in [1.807, 2.05) is 65.6 Å². The number of nitrogens with one attached hydrogen (secondary N) is 1. The van der Waals surface area contributed by atoms with Crippen LogP contribution in [0.25, 0.3) is 22.2 Å². The lowest BCUT2D eigenvalue weighted by molar-refractivity contribution is -0.116. The molecule has 4 rings (SSSR count). The number of hydrogen-bond donors (Lipinski definition) is 1. The number of alkyl halides is 1. The molecule has 0 saturated carbocycles. The molecule has 28 heavy (non-hydrogen) atoms. The number of aromatic amines is 1. The first-order chi connectivity index (χ1) is 13.7. The van der Waals surface area contributed by atoms with Gasteiger partial charge in [-0.25, -0.2) is 4.39 Å². The summed E-state index contributed by atoms with van der Waals surface area (Å²) < 4.78 is 14.0. The number of nitrogens with zero attached hydrogens (tertiary/aromatic N) is 1. The summed E-state index contributed by atoms with van der Waals surface area (Å²) >= 11 is 2.10. The Morgan fingerprint density at radius 1 is 0.964 bits per heavy atom. The maximum atomic E-state index is 13.6. The van der Waals surface area contributed by atoms with Gasteiger partial charge in [0.25, 0.3) is 0 Å². The Morgan fingerprint density at radius 3 is 2.50 bits per heavy atom.